The highest BCUT2D eigenvalue weighted by atomic mass is 19.1. The third-order valence-corrected chi connectivity index (χ3v) is 5.12. The highest BCUT2D eigenvalue weighted by Gasteiger charge is 2.24. The molecule has 0 spiro atoms. The molecule has 26 heavy (non-hydrogen) atoms. The summed E-state index contributed by atoms with van der Waals surface area (Å²) in [7, 11) is 0. The van der Waals surface area contributed by atoms with Gasteiger partial charge in [0.25, 0.3) is 0 Å². The number of para-hydroxylation sites is 1. The van der Waals surface area contributed by atoms with Crippen LogP contribution in [0.5, 0.6) is 0 Å². The van der Waals surface area contributed by atoms with E-state index in [0.29, 0.717) is 12.1 Å². The molecule has 0 aliphatic carbocycles. The van der Waals surface area contributed by atoms with E-state index in [2.05, 4.69) is 20.9 Å². The second-order valence-electron chi connectivity index (χ2n) is 6.59. The number of H-pyrrole nitrogens is 1. The second-order valence-corrected chi connectivity index (χ2v) is 6.59. The van der Waals surface area contributed by atoms with Crippen LogP contribution in [-0.2, 0) is 13.0 Å². The van der Waals surface area contributed by atoms with Crippen molar-refractivity contribution in [1.29, 1.82) is 5.26 Å². The maximum absolute atomic E-state index is 13.8. The van der Waals surface area contributed by atoms with Crippen molar-refractivity contribution in [2.45, 2.75) is 13.0 Å². The predicted octanol–water partition coefficient (Wildman–Crippen LogP) is 4.29. The molecule has 1 aliphatic rings. The lowest BCUT2D eigenvalue weighted by Crippen LogP contribution is -2.31. The number of nitriles is 1. The lowest BCUT2D eigenvalue weighted by atomic mass is 10.0. The Labute approximate surface area is 149 Å². The first-order valence-electron chi connectivity index (χ1n) is 8.56. The van der Waals surface area contributed by atoms with Crippen LogP contribution >= 0.6 is 0 Å². The van der Waals surface area contributed by atoms with Gasteiger partial charge in [0, 0.05) is 53.3 Å². The molecular weight excluding hydrogens is 327 g/mol. The summed E-state index contributed by atoms with van der Waals surface area (Å²) in [6.45, 7) is 1.44. The number of halogens is 1. The average molecular weight is 342 g/mol. The van der Waals surface area contributed by atoms with E-state index in [0.717, 1.165) is 51.7 Å². The van der Waals surface area contributed by atoms with E-state index in [9.17, 15) is 9.65 Å². The molecule has 2 aromatic heterocycles. The fourth-order valence-corrected chi connectivity index (χ4v) is 3.93. The van der Waals surface area contributed by atoms with E-state index in [1.54, 1.807) is 18.3 Å². The molecule has 5 heteroatoms. The van der Waals surface area contributed by atoms with Gasteiger partial charge in [0.1, 0.15) is 11.9 Å². The third-order valence-electron chi connectivity index (χ3n) is 5.12. The number of aromatic amines is 1. The van der Waals surface area contributed by atoms with Gasteiger partial charge in [0.15, 0.2) is 0 Å². The quantitative estimate of drug-likeness (QED) is 0.561. The zero-order valence-electron chi connectivity index (χ0n) is 14.0. The van der Waals surface area contributed by atoms with Gasteiger partial charge in [-0.25, -0.2) is 4.39 Å². The monoisotopic (exact) mass is 342 g/mol. The molecule has 126 valence electrons. The summed E-state index contributed by atoms with van der Waals surface area (Å²) < 4.78 is 13.8. The summed E-state index contributed by atoms with van der Waals surface area (Å²) in [5.41, 5.74) is 5.57. The van der Waals surface area contributed by atoms with Gasteiger partial charge < -0.3 is 9.88 Å². The van der Waals surface area contributed by atoms with E-state index >= 15 is 0 Å². The number of hydrogen-bond acceptors (Lipinski definition) is 3. The van der Waals surface area contributed by atoms with Crippen molar-refractivity contribution < 1.29 is 4.39 Å². The van der Waals surface area contributed by atoms with Gasteiger partial charge in [0.2, 0.25) is 0 Å². The summed E-state index contributed by atoms with van der Waals surface area (Å²) in [6, 6.07) is 15.0. The van der Waals surface area contributed by atoms with Crippen LogP contribution in [0.4, 0.5) is 10.1 Å². The van der Waals surface area contributed by atoms with Gasteiger partial charge >= 0.3 is 0 Å². The lowest BCUT2D eigenvalue weighted by Gasteiger charge is -2.30. The van der Waals surface area contributed by atoms with Crippen molar-refractivity contribution in [1.82, 2.24) is 9.97 Å². The molecule has 0 fully saturated rings. The van der Waals surface area contributed by atoms with E-state index in [4.69, 9.17) is 0 Å². The number of nitrogens with zero attached hydrogens (tertiary/aromatic N) is 3. The van der Waals surface area contributed by atoms with Gasteiger partial charge in [-0.3, -0.25) is 4.98 Å². The molecule has 4 nitrogen and oxygen atoms in total. The number of hydrogen-bond donors (Lipinski definition) is 1. The molecule has 1 aliphatic heterocycles. The van der Waals surface area contributed by atoms with Crippen LogP contribution in [0.25, 0.3) is 21.8 Å². The fraction of sp³-hybridized carbons (Fsp3) is 0.143. The first-order chi connectivity index (χ1) is 12.7. The molecule has 5 rings (SSSR count). The SMILES string of the molecule is N#Cc1cnc2ccccc2c1N1CCc2[nH]c3ccc(F)cc3c2C1. The molecule has 0 atom stereocenters. The first-order valence-corrected chi connectivity index (χ1v) is 8.56. The van der Waals surface area contributed by atoms with Gasteiger partial charge in [-0.05, 0) is 24.3 Å². The number of nitrogens with one attached hydrogen (secondary N) is 1. The van der Waals surface area contributed by atoms with Gasteiger partial charge in [0.05, 0.1) is 16.8 Å². The Kier molecular flexibility index (Phi) is 3.19. The molecule has 0 amide bonds. The van der Waals surface area contributed by atoms with Crippen molar-refractivity contribution in [3.05, 3.63) is 71.3 Å². The summed E-state index contributed by atoms with van der Waals surface area (Å²) in [5.74, 6) is -0.233. The normalized spacial score (nSPS) is 13.8. The van der Waals surface area contributed by atoms with Crippen molar-refractivity contribution in [2.75, 3.05) is 11.4 Å². The van der Waals surface area contributed by atoms with Crippen LogP contribution in [0.2, 0.25) is 0 Å². The highest BCUT2D eigenvalue weighted by Crippen LogP contribution is 2.35. The smallest absolute Gasteiger partial charge is 0.123 e. The van der Waals surface area contributed by atoms with Crippen molar-refractivity contribution in [3.8, 4) is 6.07 Å². The fourth-order valence-electron chi connectivity index (χ4n) is 3.93. The molecule has 0 radical (unpaired) electrons. The molecule has 2 aromatic carbocycles. The van der Waals surface area contributed by atoms with Crippen molar-refractivity contribution in [3.63, 3.8) is 0 Å². The minimum absolute atomic E-state index is 0.233. The topological polar surface area (TPSA) is 55.7 Å². The van der Waals surface area contributed by atoms with E-state index in [-0.39, 0.29) is 5.82 Å². The molecule has 1 N–H and O–H groups in total. The summed E-state index contributed by atoms with van der Waals surface area (Å²) in [4.78, 5) is 10.0. The highest BCUT2D eigenvalue weighted by molar-refractivity contribution is 5.95. The Hall–Kier alpha value is -3.39. The largest absolute Gasteiger partial charge is 0.365 e. The number of fused-ring (bicyclic) bond motifs is 4. The summed E-state index contributed by atoms with van der Waals surface area (Å²) in [6.07, 6.45) is 2.47. The molecule has 0 saturated heterocycles. The van der Waals surface area contributed by atoms with Crippen LogP contribution in [0.1, 0.15) is 16.8 Å². The van der Waals surface area contributed by atoms with E-state index < -0.39 is 0 Å². The first kappa shape index (κ1) is 14.9. The summed E-state index contributed by atoms with van der Waals surface area (Å²) >= 11 is 0. The van der Waals surface area contributed by atoms with Gasteiger partial charge in [-0.2, -0.15) is 5.26 Å². The average Bonchev–Trinajstić information content (AvgIpc) is 3.04. The Morgan fingerprint density at radius 3 is 2.92 bits per heavy atom. The zero-order valence-corrected chi connectivity index (χ0v) is 14.0. The minimum Gasteiger partial charge on any atom is -0.365 e. The van der Waals surface area contributed by atoms with Crippen LogP contribution in [0.15, 0.2) is 48.7 Å². The molecule has 4 aromatic rings. The second kappa shape index (κ2) is 5.57. The van der Waals surface area contributed by atoms with Crippen LogP contribution < -0.4 is 4.90 Å². The molecule has 0 saturated carbocycles. The molecule has 0 unspecified atom stereocenters. The Morgan fingerprint density at radius 1 is 1.15 bits per heavy atom. The third kappa shape index (κ3) is 2.16. The van der Waals surface area contributed by atoms with E-state index in [1.165, 1.54) is 6.07 Å². The Bertz CT molecular complexity index is 1200. The number of pyridine rings is 1. The molecule has 3 heterocycles. The maximum Gasteiger partial charge on any atom is 0.123 e. The van der Waals surface area contributed by atoms with Gasteiger partial charge in [-0.1, -0.05) is 18.2 Å². The minimum atomic E-state index is -0.233. The van der Waals surface area contributed by atoms with Crippen molar-refractivity contribution in [2.24, 2.45) is 0 Å². The number of anilines is 1. The number of rotatable bonds is 1. The van der Waals surface area contributed by atoms with E-state index in [1.807, 2.05) is 24.3 Å². The molecule has 0 bridgehead atoms. The molecular formula is C21H15FN4. The summed E-state index contributed by atoms with van der Waals surface area (Å²) in [5, 5.41) is 11.5. The Morgan fingerprint density at radius 2 is 2.04 bits per heavy atom. The van der Waals surface area contributed by atoms with Gasteiger partial charge in [-0.15, -0.1) is 0 Å². The standard InChI is InChI=1S/C21H15FN4/c22-14-5-6-19-16(9-14)17-12-26(8-7-20(17)25-19)21-13(10-23)11-24-18-4-2-1-3-15(18)21/h1-6,9,11,25H,7-8,12H2. The number of aromatic nitrogens is 2. The van der Waals surface area contributed by atoms with Crippen LogP contribution in [0.3, 0.4) is 0 Å². The predicted molar refractivity (Wildman–Crippen MR) is 99.5 cm³/mol. The van der Waals surface area contributed by atoms with Crippen molar-refractivity contribution >= 4 is 27.5 Å². The Balaban J connectivity index is 1.68. The maximum atomic E-state index is 13.8. The number of benzene rings is 2. The van der Waals surface area contributed by atoms with Crippen LogP contribution in [-0.4, -0.2) is 16.5 Å². The lowest BCUT2D eigenvalue weighted by molar-refractivity contribution is 0.629. The zero-order chi connectivity index (χ0) is 17.7. The van der Waals surface area contributed by atoms with Crippen LogP contribution in [0, 0.1) is 17.1 Å².